The zero-order valence-electron chi connectivity index (χ0n) is 34.0. The van der Waals surface area contributed by atoms with Crippen LogP contribution in [0.3, 0.4) is 0 Å². The molecule has 2 aliphatic rings. The Morgan fingerprint density at radius 1 is 0.403 bits per heavy atom. The predicted octanol–water partition coefficient (Wildman–Crippen LogP) is 12.8. The van der Waals surface area contributed by atoms with E-state index in [1.165, 1.54) is 38.2 Å². The van der Waals surface area contributed by atoms with E-state index in [1.54, 1.807) is 0 Å². The van der Waals surface area contributed by atoms with E-state index in [0.29, 0.717) is 17.5 Å². The van der Waals surface area contributed by atoms with Gasteiger partial charge in [0.05, 0.1) is 0 Å². The standard InChI is InChI=1S/C56H42N6/c1-5-17-39(18-6-1)51-57-52(40-19-7-2-8-20-40)60-55(59-51)43-33-29-37(30-34-43)49-47-27-15-13-25-45(47)46-26-14-16-28-48(46)50(49)38-31-35-44(36-32-38)56-61-53(41-21-9-3-10-22-41)58-54(62-56)42-23-11-4-12-24-42/h1-3,5-11,13-36,53-54,58H,4,12H2,(H,61,62). The van der Waals surface area contributed by atoms with Crippen molar-refractivity contribution < 1.29 is 0 Å². The first-order chi connectivity index (χ1) is 30.7. The van der Waals surface area contributed by atoms with Gasteiger partial charge in [-0.3, -0.25) is 5.32 Å². The van der Waals surface area contributed by atoms with Crippen molar-refractivity contribution in [2.24, 2.45) is 4.99 Å². The molecule has 62 heavy (non-hydrogen) atoms. The molecule has 8 aromatic carbocycles. The van der Waals surface area contributed by atoms with E-state index in [9.17, 15) is 0 Å². The Labute approximate surface area is 361 Å². The molecule has 1 aromatic heterocycles. The molecule has 0 saturated heterocycles. The Hall–Kier alpha value is -7.80. The van der Waals surface area contributed by atoms with Gasteiger partial charge >= 0.3 is 0 Å². The largest absolute Gasteiger partial charge is 0.350 e. The molecule has 0 fully saturated rings. The topological polar surface area (TPSA) is 75.1 Å². The molecule has 2 unspecified atom stereocenters. The average molecular weight is 799 g/mol. The third-order valence-electron chi connectivity index (χ3n) is 11.8. The molecule has 0 radical (unpaired) electrons. The number of hydrogen-bond acceptors (Lipinski definition) is 6. The lowest BCUT2D eigenvalue weighted by Crippen LogP contribution is -2.52. The highest BCUT2D eigenvalue weighted by Gasteiger charge is 2.27. The van der Waals surface area contributed by atoms with Crippen molar-refractivity contribution in [1.82, 2.24) is 25.6 Å². The maximum Gasteiger partial charge on any atom is 0.164 e. The second-order valence-corrected chi connectivity index (χ2v) is 15.8. The first-order valence-corrected chi connectivity index (χ1v) is 21.3. The number of allylic oxidation sites excluding steroid dienone is 2. The highest BCUT2D eigenvalue weighted by molar-refractivity contribution is 6.21. The van der Waals surface area contributed by atoms with Crippen LogP contribution < -0.4 is 10.6 Å². The van der Waals surface area contributed by atoms with Crippen molar-refractivity contribution >= 4 is 27.4 Å². The van der Waals surface area contributed by atoms with E-state index in [1.807, 2.05) is 60.7 Å². The summed E-state index contributed by atoms with van der Waals surface area (Å²) in [4.78, 5) is 20.2. The molecule has 0 spiro atoms. The van der Waals surface area contributed by atoms with Crippen molar-refractivity contribution in [2.75, 3.05) is 0 Å². The summed E-state index contributed by atoms with van der Waals surface area (Å²) in [5.74, 6) is 2.79. The molecule has 296 valence electrons. The van der Waals surface area contributed by atoms with E-state index < -0.39 is 0 Å². The average Bonchev–Trinajstić information content (AvgIpc) is 3.37. The second kappa shape index (κ2) is 16.3. The fourth-order valence-electron chi connectivity index (χ4n) is 8.79. The summed E-state index contributed by atoms with van der Waals surface area (Å²) in [6.45, 7) is 0. The maximum atomic E-state index is 5.23. The molecule has 11 rings (SSSR count). The summed E-state index contributed by atoms with van der Waals surface area (Å²) in [7, 11) is 0. The minimum Gasteiger partial charge on any atom is -0.350 e. The van der Waals surface area contributed by atoms with Crippen LogP contribution >= 0.6 is 0 Å². The lowest BCUT2D eigenvalue weighted by Gasteiger charge is -2.33. The van der Waals surface area contributed by atoms with E-state index >= 15 is 0 Å². The fourth-order valence-corrected chi connectivity index (χ4v) is 8.79. The summed E-state index contributed by atoms with van der Waals surface area (Å²) < 4.78 is 0. The van der Waals surface area contributed by atoms with E-state index in [4.69, 9.17) is 19.9 Å². The molecule has 0 saturated carbocycles. The van der Waals surface area contributed by atoms with Crippen molar-refractivity contribution in [1.29, 1.82) is 0 Å². The summed E-state index contributed by atoms with van der Waals surface area (Å²) in [5, 5.41) is 12.3. The summed E-state index contributed by atoms with van der Waals surface area (Å²) in [6, 6.07) is 65.9. The molecule has 2 atom stereocenters. The van der Waals surface area contributed by atoms with Gasteiger partial charge < -0.3 is 5.32 Å². The lowest BCUT2D eigenvalue weighted by molar-refractivity contribution is 0.440. The second-order valence-electron chi connectivity index (χ2n) is 15.8. The van der Waals surface area contributed by atoms with Crippen LogP contribution in [0.2, 0.25) is 0 Å². The zero-order chi connectivity index (χ0) is 41.2. The van der Waals surface area contributed by atoms with Crippen molar-refractivity contribution in [2.45, 2.75) is 25.2 Å². The third-order valence-corrected chi connectivity index (χ3v) is 11.8. The van der Waals surface area contributed by atoms with Gasteiger partial charge in [-0.1, -0.05) is 206 Å². The minimum atomic E-state index is -0.181. The first-order valence-electron chi connectivity index (χ1n) is 21.3. The predicted molar refractivity (Wildman–Crippen MR) is 254 cm³/mol. The van der Waals surface area contributed by atoms with Gasteiger partial charge in [-0.05, 0) is 67.8 Å². The van der Waals surface area contributed by atoms with Crippen molar-refractivity contribution in [3.8, 4) is 56.4 Å². The number of fused-ring (bicyclic) bond motifs is 3. The van der Waals surface area contributed by atoms with Crippen LogP contribution in [0.5, 0.6) is 0 Å². The molecule has 2 N–H and O–H groups in total. The van der Waals surface area contributed by atoms with Crippen LogP contribution in [-0.4, -0.2) is 27.0 Å². The third kappa shape index (κ3) is 7.16. The Balaban J connectivity index is 1.02. The summed E-state index contributed by atoms with van der Waals surface area (Å²) in [5.41, 5.74) is 10.8. The fraction of sp³-hybridized carbons (Fsp3) is 0.0714. The highest BCUT2D eigenvalue weighted by Crippen LogP contribution is 2.45. The Bertz CT molecular complexity index is 3100. The molecule has 0 amide bonds. The SMILES string of the molecule is C1=CC(C2NC(c3ccc(-c4c(-c5ccc(-c6nc(-c7ccccc7)nc(-c7ccccc7)n6)cc5)c5ccccc5c5ccccc45)cc3)=NC(c3ccccc3)N2)=CCC1. The number of aliphatic imine (C=N–C) groups is 1. The number of amidine groups is 1. The lowest BCUT2D eigenvalue weighted by atomic mass is 9.84. The van der Waals surface area contributed by atoms with E-state index in [-0.39, 0.29) is 12.3 Å². The number of benzene rings is 8. The summed E-state index contributed by atoms with van der Waals surface area (Å²) in [6.07, 6.45) is 8.68. The summed E-state index contributed by atoms with van der Waals surface area (Å²) >= 11 is 0. The van der Waals surface area contributed by atoms with E-state index in [2.05, 4.69) is 156 Å². The molecule has 6 nitrogen and oxygen atoms in total. The number of aromatic nitrogens is 3. The molecule has 1 aliphatic heterocycles. The number of nitrogens with zero attached hydrogens (tertiary/aromatic N) is 4. The molecule has 1 aliphatic carbocycles. The van der Waals surface area contributed by atoms with Crippen molar-refractivity contribution in [3.05, 3.63) is 223 Å². The minimum absolute atomic E-state index is 0.0599. The van der Waals surface area contributed by atoms with Crippen LogP contribution in [0.15, 0.2) is 217 Å². The Kier molecular flexibility index (Phi) is 9.81. The van der Waals surface area contributed by atoms with Gasteiger partial charge in [-0.15, -0.1) is 0 Å². The van der Waals surface area contributed by atoms with Gasteiger partial charge in [0.15, 0.2) is 17.5 Å². The normalized spacial score (nSPS) is 16.1. The van der Waals surface area contributed by atoms with Crippen LogP contribution in [0, 0.1) is 0 Å². The maximum absolute atomic E-state index is 5.23. The Morgan fingerprint density at radius 2 is 0.839 bits per heavy atom. The molecule has 0 bridgehead atoms. The van der Waals surface area contributed by atoms with Crippen LogP contribution in [-0.2, 0) is 0 Å². The highest BCUT2D eigenvalue weighted by atomic mass is 15.3. The van der Waals surface area contributed by atoms with Gasteiger partial charge in [-0.25, -0.2) is 19.9 Å². The number of rotatable bonds is 8. The van der Waals surface area contributed by atoms with Crippen molar-refractivity contribution in [3.63, 3.8) is 0 Å². The van der Waals surface area contributed by atoms with Crippen LogP contribution in [0.1, 0.15) is 30.1 Å². The monoisotopic (exact) mass is 798 g/mol. The van der Waals surface area contributed by atoms with Gasteiger partial charge in [0.2, 0.25) is 0 Å². The zero-order valence-corrected chi connectivity index (χ0v) is 34.0. The molecule has 2 heterocycles. The van der Waals surface area contributed by atoms with Gasteiger partial charge in [-0.2, -0.15) is 0 Å². The van der Waals surface area contributed by atoms with Crippen LogP contribution in [0.25, 0.3) is 78.0 Å². The quantitative estimate of drug-likeness (QED) is 0.150. The smallest absolute Gasteiger partial charge is 0.164 e. The first kappa shape index (κ1) is 37.2. The molecule has 6 heteroatoms. The molecule has 9 aromatic rings. The van der Waals surface area contributed by atoms with Gasteiger partial charge in [0.1, 0.15) is 18.2 Å². The molecular formula is C56H42N6. The number of hydrogen-bond donors (Lipinski definition) is 2. The number of nitrogens with one attached hydrogen (secondary N) is 2. The Morgan fingerprint density at radius 3 is 1.34 bits per heavy atom. The van der Waals surface area contributed by atoms with E-state index in [0.717, 1.165) is 57.6 Å². The van der Waals surface area contributed by atoms with Gasteiger partial charge in [0, 0.05) is 22.3 Å². The molecular weight excluding hydrogens is 757 g/mol. The van der Waals surface area contributed by atoms with Crippen LogP contribution in [0.4, 0.5) is 0 Å². The van der Waals surface area contributed by atoms with Gasteiger partial charge in [0.25, 0.3) is 0 Å².